The highest BCUT2D eigenvalue weighted by atomic mass is 15.1. The topological polar surface area (TPSA) is 87.2 Å². The second-order valence-electron chi connectivity index (χ2n) is 12.7. The number of nitrogens with zero attached hydrogens (tertiary/aromatic N) is 8. The lowest BCUT2D eigenvalue weighted by atomic mass is 10.1. The number of aromatic nitrogens is 8. The van der Waals surface area contributed by atoms with Crippen LogP contribution in [0.1, 0.15) is 22.3 Å². The molecule has 10 aromatic rings. The maximum absolute atomic E-state index is 5.32. The number of para-hydroxylation sites is 4. The van der Waals surface area contributed by atoms with Crippen molar-refractivity contribution in [2.45, 2.75) is 27.7 Å². The molecule has 0 amide bonds. The SMILES string of the molecule is Cc1cccc2c3cccc(C)c3n(-c3cnc4c5nccnc5c5nc(-n6c7c(C)cccc7c7cccc(C)c76)cnc5c4n3)c12. The van der Waals surface area contributed by atoms with E-state index < -0.39 is 0 Å². The number of benzene rings is 5. The average Bonchev–Trinajstić information content (AvgIpc) is 3.65. The molecule has 5 heterocycles. The van der Waals surface area contributed by atoms with Crippen LogP contribution in [-0.2, 0) is 0 Å². The molecule has 0 aliphatic carbocycles. The molecule has 0 N–H and O–H groups in total. The largest absolute Gasteiger partial charge is 0.292 e. The molecule has 0 atom stereocenters. The van der Waals surface area contributed by atoms with E-state index in [0.717, 1.165) is 33.7 Å². The predicted molar refractivity (Wildman–Crippen MR) is 193 cm³/mol. The predicted octanol–water partition coefficient (Wildman–Crippen LogP) is 8.94. The van der Waals surface area contributed by atoms with E-state index in [0.29, 0.717) is 33.1 Å². The Morgan fingerprint density at radius 1 is 0.375 bits per heavy atom. The smallest absolute Gasteiger partial charge is 0.157 e. The number of fused-ring (bicyclic) bond motifs is 12. The van der Waals surface area contributed by atoms with Gasteiger partial charge in [-0.25, -0.2) is 19.9 Å². The molecule has 0 unspecified atom stereocenters. The molecule has 0 bridgehead atoms. The lowest BCUT2D eigenvalue weighted by Crippen LogP contribution is -2.05. The Balaban J connectivity index is 1.32. The van der Waals surface area contributed by atoms with Crippen LogP contribution in [0.5, 0.6) is 0 Å². The molecule has 0 spiro atoms. The van der Waals surface area contributed by atoms with E-state index in [1.54, 1.807) is 12.4 Å². The van der Waals surface area contributed by atoms with Crippen LogP contribution in [0.2, 0.25) is 0 Å². The first kappa shape index (κ1) is 26.9. The Kier molecular flexibility index (Phi) is 5.39. The van der Waals surface area contributed by atoms with Gasteiger partial charge < -0.3 is 0 Å². The maximum Gasteiger partial charge on any atom is 0.157 e. The highest BCUT2D eigenvalue weighted by Crippen LogP contribution is 2.38. The Labute approximate surface area is 274 Å². The zero-order valence-corrected chi connectivity index (χ0v) is 26.8. The molecule has 10 rings (SSSR count). The van der Waals surface area contributed by atoms with E-state index in [4.69, 9.17) is 29.9 Å². The summed E-state index contributed by atoms with van der Waals surface area (Å²) < 4.78 is 4.47. The molecule has 0 aliphatic heterocycles. The minimum absolute atomic E-state index is 0.638. The summed E-state index contributed by atoms with van der Waals surface area (Å²) in [4.78, 5) is 30.3. The highest BCUT2D eigenvalue weighted by Gasteiger charge is 2.22. The fraction of sp³-hybridized carbons (Fsp3) is 0.100. The minimum Gasteiger partial charge on any atom is -0.292 e. The second kappa shape index (κ2) is 9.62. The van der Waals surface area contributed by atoms with Gasteiger partial charge in [-0.1, -0.05) is 72.8 Å². The van der Waals surface area contributed by atoms with Crippen molar-refractivity contribution in [2.24, 2.45) is 0 Å². The maximum atomic E-state index is 5.32. The number of rotatable bonds is 2. The Bertz CT molecular complexity index is 2730. The zero-order valence-electron chi connectivity index (χ0n) is 26.8. The molecule has 0 radical (unpaired) electrons. The first-order valence-electron chi connectivity index (χ1n) is 16.1. The Morgan fingerprint density at radius 2 is 0.688 bits per heavy atom. The van der Waals surface area contributed by atoms with Gasteiger partial charge in [0, 0.05) is 33.9 Å². The highest BCUT2D eigenvalue weighted by molar-refractivity contribution is 6.18. The van der Waals surface area contributed by atoms with Crippen molar-refractivity contribution in [3.8, 4) is 11.6 Å². The van der Waals surface area contributed by atoms with Gasteiger partial charge in [0.2, 0.25) is 0 Å². The summed E-state index contributed by atoms with van der Waals surface area (Å²) >= 11 is 0. The van der Waals surface area contributed by atoms with E-state index in [-0.39, 0.29) is 0 Å². The molecule has 0 saturated carbocycles. The summed E-state index contributed by atoms with van der Waals surface area (Å²) in [5.74, 6) is 1.44. The van der Waals surface area contributed by atoms with E-state index in [2.05, 4.69) is 110 Å². The third-order valence-corrected chi connectivity index (χ3v) is 9.77. The van der Waals surface area contributed by atoms with Crippen LogP contribution >= 0.6 is 0 Å². The van der Waals surface area contributed by atoms with Crippen LogP contribution in [-0.4, -0.2) is 39.0 Å². The van der Waals surface area contributed by atoms with Crippen molar-refractivity contribution in [1.29, 1.82) is 0 Å². The standard InChI is InChI=1S/C40H28N8/c1-21-9-5-13-25-26-14-6-10-22(2)38(26)47(37(21)25)29-19-43-33-31-32(42-18-17-41-31)35-34(36(33)46-29)44-20-30(45-35)48-39-23(3)11-7-15-27(39)28-16-8-12-24(4)40(28)48/h5-20H,1-4H3. The monoisotopic (exact) mass is 620 g/mol. The summed E-state index contributed by atoms with van der Waals surface area (Å²) in [6.07, 6.45) is 7.08. The third kappa shape index (κ3) is 3.48. The van der Waals surface area contributed by atoms with Crippen LogP contribution in [0.25, 0.3) is 88.3 Å². The molecule has 5 aromatic heterocycles. The van der Waals surface area contributed by atoms with Gasteiger partial charge in [0.05, 0.1) is 34.5 Å². The van der Waals surface area contributed by atoms with Crippen molar-refractivity contribution in [3.05, 3.63) is 120 Å². The van der Waals surface area contributed by atoms with Gasteiger partial charge >= 0.3 is 0 Å². The summed E-state index contributed by atoms with van der Waals surface area (Å²) in [5.41, 5.74) is 13.0. The van der Waals surface area contributed by atoms with Gasteiger partial charge in [-0.3, -0.25) is 19.1 Å². The van der Waals surface area contributed by atoms with Crippen molar-refractivity contribution < 1.29 is 0 Å². The fourth-order valence-electron chi connectivity index (χ4n) is 7.71. The average molecular weight is 621 g/mol. The van der Waals surface area contributed by atoms with Crippen molar-refractivity contribution in [3.63, 3.8) is 0 Å². The molecule has 0 aliphatic rings. The minimum atomic E-state index is 0.638. The quantitative estimate of drug-likeness (QED) is 0.179. The normalized spacial score (nSPS) is 12.2. The fourth-order valence-corrected chi connectivity index (χ4v) is 7.71. The zero-order chi connectivity index (χ0) is 32.3. The van der Waals surface area contributed by atoms with Crippen LogP contribution in [0.3, 0.4) is 0 Å². The van der Waals surface area contributed by atoms with Crippen molar-refractivity contribution >= 4 is 76.7 Å². The van der Waals surface area contributed by atoms with Crippen LogP contribution in [0.15, 0.2) is 97.6 Å². The van der Waals surface area contributed by atoms with E-state index in [9.17, 15) is 0 Å². The number of aryl methyl sites for hydroxylation is 4. The van der Waals surface area contributed by atoms with E-state index in [1.165, 1.54) is 43.8 Å². The lowest BCUT2D eigenvalue weighted by Gasteiger charge is -2.13. The van der Waals surface area contributed by atoms with Crippen LogP contribution in [0.4, 0.5) is 0 Å². The third-order valence-electron chi connectivity index (χ3n) is 9.77. The number of hydrogen-bond acceptors (Lipinski definition) is 6. The molecule has 0 saturated heterocycles. The van der Waals surface area contributed by atoms with Gasteiger partial charge in [0.15, 0.2) is 11.6 Å². The van der Waals surface area contributed by atoms with Gasteiger partial charge in [-0.15, -0.1) is 0 Å². The van der Waals surface area contributed by atoms with Crippen LogP contribution in [0, 0.1) is 27.7 Å². The summed E-state index contributed by atoms with van der Waals surface area (Å²) in [7, 11) is 0. The molecule has 5 aromatic carbocycles. The van der Waals surface area contributed by atoms with Gasteiger partial charge in [-0.2, -0.15) is 0 Å². The van der Waals surface area contributed by atoms with Crippen molar-refractivity contribution in [1.82, 2.24) is 39.0 Å². The van der Waals surface area contributed by atoms with E-state index >= 15 is 0 Å². The second-order valence-corrected chi connectivity index (χ2v) is 12.7. The van der Waals surface area contributed by atoms with Crippen molar-refractivity contribution in [2.75, 3.05) is 0 Å². The summed E-state index contributed by atoms with van der Waals surface area (Å²) in [6.45, 7) is 8.58. The molecule has 8 nitrogen and oxygen atoms in total. The summed E-state index contributed by atoms with van der Waals surface area (Å²) in [6, 6.07) is 25.7. The van der Waals surface area contributed by atoms with Gasteiger partial charge in [0.25, 0.3) is 0 Å². The Morgan fingerprint density at radius 3 is 1.06 bits per heavy atom. The molecule has 0 fully saturated rings. The van der Waals surface area contributed by atoms with Gasteiger partial charge in [-0.05, 0) is 49.9 Å². The number of hydrogen-bond donors (Lipinski definition) is 0. The van der Waals surface area contributed by atoms with Crippen LogP contribution < -0.4 is 0 Å². The first-order valence-corrected chi connectivity index (χ1v) is 16.1. The summed E-state index contributed by atoms with van der Waals surface area (Å²) in [5, 5.41) is 4.74. The molecular weight excluding hydrogens is 592 g/mol. The first-order chi connectivity index (χ1) is 23.5. The lowest BCUT2D eigenvalue weighted by molar-refractivity contribution is 1.05. The molecule has 8 heteroatoms. The van der Waals surface area contributed by atoms with Gasteiger partial charge in [0.1, 0.15) is 33.1 Å². The van der Waals surface area contributed by atoms with E-state index in [1.807, 2.05) is 12.4 Å². The molecule has 48 heavy (non-hydrogen) atoms. The molecular formula is C40H28N8. The molecule has 228 valence electrons. The Hall–Kier alpha value is -6.28.